The highest BCUT2D eigenvalue weighted by Gasteiger charge is 2.13. The quantitative estimate of drug-likeness (QED) is 0.433. The van der Waals surface area contributed by atoms with Gasteiger partial charge in [0, 0.05) is 17.3 Å². The van der Waals surface area contributed by atoms with E-state index in [2.05, 4.69) is 10.4 Å². The minimum atomic E-state index is -1.12. The summed E-state index contributed by atoms with van der Waals surface area (Å²) in [7, 11) is 1.48. The van der Waals surface area contributed by atoms with Crippen LogP contribution >= 0.6 is 0 Å². The van der Waals surface area contributed by atoms with Crippen LogP contribution in [0.3, 0.4) is 0 Å². The Morgan fingerprint density at radius 1 is 1.08 bits per heavy atom. The van der Waals surface area contributed by atoms with Gasteiger partial charge < -0.3 is 15.2 Å². The summed E-state index contributed by atoms with van der Waals surface area (Å²) >= 11 is 0. The van der Waals surface area contributed by atoms with E-state index in [4.69, 9.17) is 9.84 Å². The second-order valence-electron chi connectivity index (χ2n) is 4.78. The van der Waals surface area contributed by atoms with E-state index in [1.54, 1.807) is 36.4 Å². The van der Waals surface area contributed by atoms with Crippen molar-refractivity contribution in [3.05, 3.63) is 59.7 Å². The van der Waals surface area contributed by atoms with E-state index < -0.39 is 17.8 Å². The molecule has 25 heavy (non-hydrogen) atoms. The highest BCUT2D eigenvalue weighted by molar-refractivity contribution is 6.39. The van der Waals surface area contributed by atoms with E-state index in [-0.39, 0.29) is 5.56 Å². The van der Waals surface area contributed by atoms with Crippen LogP contribution in [0.1, 0.15) is 15.9 Å². The molecule has 0 fully saturated rings. The van der Waals surface area contributed by atoms with Crippen molar-refractivity contribution in [3.8, 4) is 5.75 Å². The highest BCUT2D eigenvalue weighted by atomic mass is 16.5. The minimum absolute atomic E-state index is 0.0290. The van der Waals surface area contributed by atoms with Crippen molar-refractivity contribution in [2.24, 2.45) is 5.10 Å². The van der Waals surface area contributed by atoms with Gasteiger partial charge in [-0.15, -0.1) is 0 Å². The Hall–Kier alpha value is -3.68. The lowest BCUT2D eigenvalue weighted by Gasteiger charge is -2.06. The van der Waals surface area contributed by atoms with Gasteiger partial charge >= 0.3 is 17.8 Å². The normalized spacial score (nSPS) is 10.3. The fourth-order valence-corrected chi connectivity index (χ4v) is 1.90. The average molecular weight is 341 g/mol. The number of carbonyl (C=O) groups is 3. The summed E-state index contributed by atoms with van der Waals surface area (Å²) in [6, 6.07) is 12.6. The lowest BCUT2D eigenvalue weighted by molar-refractivity contribution is -0.136. The van der Waals surface area contributed by atoms with Crippen molar-refractivity contribution >= 4 is 29.7 Å². The number of hydrogen-bond acceptors (Lipinski definition) is 5. The highest BCUT2D eigenvalue weighted by Crippen LogP contribution is 2.16. The molecule has 0 spiro atoms. The van der Waals surface area contributed by atoms with Gasteiger partial charge in [-0.25, -0.2) is 10.2 Å². The Morgan fingerprint density at radius 3 is 2.56 bits per heavy atom. The van der Waals surface area contributed by atoms with E-state index >= 15 is 0 Å². The van der Waals surface area contributed by atoms with Crippen LogP contribution in [0.25, 0.3) is 0 Å². The lowest BCUT2D eigenvalue weighted by Crippen LogP contribution is -2.32. The number of carboxylic acids is 1. The van der Waals surface area contributed by atoms with Gasteiger partial charge in [0.15, 0.2) is 0 Å². The van der Waals surface area contributed by atoms with Crippen molar-refractivity contribution in [2.75, 3.05) is 12.4 Å². The Kier molecular flexibility index (Phi) is 5.83. The molecular weight excluding hydrogens is 326 g/mol. The summed E-state index contributed by atoms with van der Waals surface area (Å²) in [5, 5.41) is 15.0. The predicted molar refractivity (Wildman–Crippen MR) is 90.8 cm³/mol. The first-order valence-electron chi connectivity index (χ1n) is 7.12. The largest absolute Gasteiger partial charge is 0.497 e. The Morgan fingerprint density at radius 2 is 1.84 bits per heavy atom. The van der Waals surface area contributed by atoms with Crippen molar-refractivity contribution in [3.63, 3.8) is 0 Å². The number of methoxy groups -OCH3 is 1. The van der Waals surface area contributed by atoms with Crippen LogP contribution < -0.4 is 15.5 Å². The summed E-state index contributed by atoms with van der Waals surface area (Å²) < 4.78 is 5.02. The molecule has 128 valence electrons. The molecule has 2 aromatic rings. The lowest BCUT2D eigenvalue weighted by atomic mass is 10.1. The summed E-state index contributed by atoms with van der Waals surface area (Å²) in [5.41, 5.74) is 2.75. The number of ether oxygens (including phenoxy) is 1. The number of nitrogens with one attached hydrogen (secondary N) is 2. The number of aromatic carboxylic acids is 1. The second-order valence-corrected chi connectivity index (χ2v) is 4.78. The van der Waals surface area contributed by atoms with Crippen molar-refractivity contribution in [1.29, 1.82) is 0 Å². The van der Waals surface area contributed by atoms with Gasteiger partial charge in [0.2, 0.25) is 0 Å². The minimum Gasteiger partial charge on any atom is -0.497 e. The maximum atomic E-state index is 11.8. The molecule has 0 heterocycles. The molecule has 0 aromatic heterocycles. The number of carbonyl (C=O) groups excluding carboxylic acids is 2. The molecule has 2 aromatic carbocycles. The molecule has 2 rings (SSSR count). The maximum Gasteiger partial charge on any atom is 0.336 e. The van der Waals surface area contributed by atoms with Crippen LogP contribution in [0.2, 0.25) is 0 Å². The fraction of sp³-hybridized carbons (Fsp3) is 0.0588. The summed E-state index contributed by atoms with van der Waals surface area (Å²) in [6.07, 6.45) is 1.15. The molecule has 2 amide bonds. The average Bonchev–Trinajstić information content (AvgIpc) is 2.62. The van der Waals surface area contributed by atoms with Crippen molar-refractivity contribution < 1.29 is 24.2 Å². The van der Waals surface area contributed by atoms with Gasteiger partial charge in [-0.2, -0.15) is 5.10 Å². The zero-order chi connectivity index (χ0) is 18.2. The van der Waals surface area contributed by atoms with Crippen LogP contribution in [-0.4, -0.2) is 36.2 Å². The number of carboxylic acid groups (broad SMARTS) is 1. The summed E-state index contributed by atoms with van der Waals surface area (Å²) in [5.74, 6) is -2.51. The maximum absolute atomic E-state index is 11.8. The van der Waals surface area contributed by atoms with Crippen LogP contribution in [-0.2, 0) is 9.59 Å². The van der Waals surface area contributed by atoms with E-state index in [0.717, 1.165) is 6.21 Å². The smallest absolute Gasteiger partial charge is 0.336 e. The molecule has 0 aliphatic rings. The van der Waals surface area contributed by atoms with Crippen LogP contribution in [0.15, 0.2) is 53.6 Å². The molecule has 0 aliphatic heterocycles. The zero-order valence-corrected chi connectivity index (χ0v) is 13.2. The number of hydrazone groups is 1. The third kappa shape index (κ3) is 4.90. The molecule has 0 atom stereocenters. The van der Waals surface area contributed by atoms with E-state index in [0.29, 0.717) is 17.0 Å². The molecule has 0 aliphatic carbocycles. The first-order chi connectivity index (χ1) is 12.0. The van der Waals surface area contributed by atoms with Crippen LogP contribution in [0.5, 0.6) is 5.75 Å². The first-order valence-corrected chi connectivity index (χ1v) is 7.12. The molecular formula is C17H15N3O5. The summed E-state index contributed by atoms with van der Waals surface area (Å²) in [6.45, 7) is 0. The predicted octanol–water partition coefficient (Wildman–Crippen LogP) is 1.48. The topological polar surface area (TPSA) is 117 Å². The summed E-state index contributed by atoms with van der Waals surface area (Å²) in [4.78, 5) is 34.6. The van der Waals surface area contributed by atoms with Crippen molar-refractivity contribution in [1.82, 2.24) is 5.43 Å². The fourth-order valence-electron chi connectivity index (χ4n) is 1.90. The molecule has 3 N–H and O–H groups in total. The Bertz CT molecular complexity index is 833. The first kappa shape index (κ1) is 17.7. The molecule has 0 bridgehead atoms. The Labute approximate surface area is 143 Å². The number of rotatable bonds is 5. The number of anilines is 1. The molecule has 0 unspecified atom stereocenters. The monoisotopic (exact) mass is 341 g/mol. The van der Waals surface area contributed by atoms with Gasteiger partial charge in [-0.05, 0) is 18.2 Å². The third-order valence-corrected chi connectivity index (χ3v) is 3.09. The van der Waals surface area contributed by atoms with Gasteiger partial charge in [0.05, 0.1) is 18.9 Å². The molecule has 0 radical (unpaired) electrons. The van der Waals surface area contributed by atoms with E-state index in [1.165, 1.54) is 19.2 Å². The van der Waals surface area contributed by atoms with E-state index in [9.17, 15) is 14.4 Å². The van der Waals surface area contributed by atoms with Gasteiger partial charge in [-0.1, -0.05) is 24.3 Å². The molecule has 8 heteroatoms. The number of nitrogens with zero attached hydrogens (tertiary/aromatic N) is 1. The van der Waals surface area contributed by atoms with E-state index in [1.807, 2.05) is 5.43 Å². The molecule has 0 saturated heterocycles. The standard InChI is InChI=1S/C17H15N3O5/c1-25-13-7-4-6-12(9-13)19-15(21)16(22)20-18-10-11-5-2-3-8-14(11)17(23)24/h2-10H,1H3,(H,19,21)(H,20,22)(H,23,24)/b18-10-. The van der Waals surface area contributed by atoms with Gasteiger partial charge in [0.1, 0.15) is 5.75 Å². The third-order valence-electron chi connectivity index (χ3n) is 3.09. The SMILES string of the molecule is COc1cccc(NC(=O)C(=O)N/N=C\c2ccccc2C(=O)O)c1. The number of benzene rings is 2. The zero-order valence-electron chi connectivity index (χ0n) is 13.2. The number of hydrogen-bond donors (Lipinski definition) is 3. The van der Waals surface area contributed by atoms with Crippen molar-refractivity contribution in [2.45, 2.75) is 0 Å². The van der Waals surface area contributed by atoms with Crippen LogP contribution in [0, 0.1) is 0 Å². The molecule has 0 saturated carbocycles. The molecule has 8 nitrogen and oxygen atoms in total. The second kappa shape index (κ2) is 8.25. The Balaban J connectivity index is 1.97. The van der Waals surface area contributed by atoms with Gasteiger partial charge in [-0.3, -0.25) is 9.59 Å². The number of amides is 2. The van der Waals surface area contributed by atoms with Crippen LogP contribution in [0.4, 0.5) is 5.69 Å². The van der Waals surface area contributed by atoms with Gasteiger partial charge in [0.25, 0.3) is 0 Å².